The SMILES string of the molecule is CC(C)NCC1CC1c1cc(Cl)c2c(c1)OCCO2. The van der Waals surface area contributed by atoms with Gasteiger partial charge in [0.15, 0.2) is 11.5 Å². The molecule has 0 amide bonds. The van der Waals surface area contributed by atoms with Crippen LogP contribution in [-0.2, 0) is 0 Å². The van der Waals surface area contributed by atoms with Crippen LogP contribution in [0.5, 0.6) is 11.5 Å². The van der Waals surface area contributed by atoms with Crippen molar-refractivity contribution >= 4 is 11.6 Å². The molecule has 1 N–H and O–H groups in total. The molecule has 1 saturated carbocycles. The van der Waals surface area contributed by atoms with Crippen LogP contribution in [0.3, 0.4) is 0 Å². The number of fused-ring (bicyclic) bond motifs is 1. The van der Waals surface area contributed by atoms with Crippen molar-refractivity contribution in [2.75, 3.05) is 19.8 Å². The molecule has 0 aromatic heterocycles. The van der Waals surface area contributed by atoms with Crippen molar-refractivity contribution in [1.29, 1.82) is 0 Å². The summed E-state index contributed by atoms with van der Waals surface area (Å²) >= 11 is 6.27. The highest BCUT2D eigenvalue weighted by Gasteiger charge is 2.38. The smallest absolute Gasteiger partial charge is 0.179 e. The van der Waals surface area contributed by atoms with Crippen molar-refractivity contribution in [2.24, 2.45) is 5.92 Å². The molecule has 3 nitrogen and oxygen atoms in total. The highest BCUT2D eigenvalue weighted by atomic mass is 35.5. The van der Waals surface area contributed by atoms with Crippen LogP contribution in [0.25, 0.3) is 0 Å². The quantitative estimate of drug-likeness (QED) is 0.919. The maximum atomic E-state index is 6.27. The van der Waals surface area contributed by atoms with E-state index in [1.54, 1.807) is 0 Å². The molecule has 2 unspecified atom stereocenters. The van der Waals surface area contributed by atoms with E-state index in [-0.39, 0.29) is 0 Å². The van der Waals surface area contributed by atoms with Gasteiger partial charge in [0.05, 0.1) is 5.02 Å². The van der Waals surface area contributed by atoms with Crippen LogP contribution in [0.1, 0.15) is 31.7 Å². The molecule has 1 aromatic rings. The predicted molar refractivity (Wildman–Crippen MR) is 76.4 cm³/mol. The molecule has 4 heteroatoms. The number of benzene rings is 1. The number of ether oxygens (including phenoxy) is 2. The Morgan fingerprint density at radius 2 is 2.11 bits per heavy atom. The molecule has 2 aliphatic rings. The summed E-state index contributed by atoms with van der Waals surface area (Å²) in [5.41, 5.74) is 1.28. The molecule has 104 valence electrons. The molecule has 3 rings (SSSR count). The molecule has 0 bridgehead atoms. The van der Waals surface area contributed by atoms with E-state index in [9.17, 15) is 0 Å². The van der Waals surface area contributed by atoms with Gasteiger partial charge in [0.1, 0.15) is 13.2 Å². The lowest BCUT2D eigenvalue weighted by atomic mass is 10.1. The summed E-state index contributed by atoms with van der Waals surface area (Å²) < 4.78 is 11.2. The number of halogens is 1. The molecule has 2 atom stereocenters. The zero-order valence-corrected chi connectivity index (χ0v) is 12.2. The maximum Gasteiger partial charge on any atom is 0.179 e. The van der Waals surface area contributed by atoms with Crippen molar-refractivity contribution in [2.45, 2.75) is 32.2 Å². The molecular formula is C15H20ClNO2. The Bertz CT molecular complexity index is 475. The first-order valence-electron chi connectivity index (χ1n) is 6.97. The second kappa shape index (κ2) is 5.22. The van der Waals surface area contributed by atoms with E-state index in [0.29, 0.717) is 35.9 Å². The molecule has 0 spiro atoms. The molecule has 1 fully saturated rings. The summed E-state index contributed by atoms with van der Waals surface area (Å²) in [6.45, 7) is 6.62. The standard InChI is InChI=1S/C15H20ClNO2/c1-9(2)17-8-11-5-12(11)10-6-13(16)15-14(7-10)18-3-4-19-15/h6-7,9,11-12,17H,3-5,8H2,1-2H3. The number of hydrogen-bond donors (Lipinski definition) is 1. The van der Waals surface area contributed by atoms with Crippen LogP contribution in [0.2, 0.25) is 5.02 Å². The summed E-state index contributed by atoms with van der Waals surface area (Å²) in [7, 11) is 0. The molecule has 1 aromatic carbocycles. The summed E-state index contributed by atoms with van der Waals surface area (Å²) in [4.78, 5) is 0. The Labute approximate surface area is 119 Å². The fraction of sp³-hybridized carbons (Fsp3) is 0.600. The third-order valence-electron chi connectivity index (χ3n) is 3.76. The zero-order chi connectivity index (χ0) is 13.4. The van der Waals surface area contributed by atoms with Crippen LogP contribution in [0.4, 0.5) is 0 Å². The maximum absolute atomic E-state index is 6.27. The van der Waals surface area contributed by atoms with Gasteiger partial charge in [-0.15, -0.1) is 0 Å². The van der Waals surface area contributed by atoms with E-state index in [4.69, 9.17) is 21.1 Å². The van der Waals surface area contributed by atoms with Crippen molar-refractivity contribution in [1.82, 2.24) is 5.32 Å². The van der Waals surface area contributed by atoms with E-state index in [1.807, 2.05) is 6.07 Å². The normalized spacial score (nSPS) is 24.6. The largest absolute Gasteiger partial charge is 0.486 e. The van der Waals surface area contributed by atoms with Gasteiger partial charge in [0.2, 0.25) is 0 Å². The van der Waals surface area contributed by atoms with Crippen LogP contribution in [0, 0.1) is 5.92 Å². The fourth-order valence-electron chi connectivity index (χ4n) is 2.61. The fourth-order valence-corrected chi connectivity index (χ4v) is 2.89. The minimum absolute atomic E-state index is 0.546. The van der Waals surface area contributed by atoms with E-state index >= 15 is 0 Å². The topological polar surface area (TPSA) is 30.5 Å². The first kappa shape index (κ1) is 13.1. The highest BCUT2D eigenvalue weighted by Crippen LogP contribution is 2.50. The Kier molecular flexibility index (Phi) is 3.59. The van der Waals surface area contributed by atoms with Gasteiger partial charge >= 0.3 is 0 Å². The predicted octanol–water partition coefficient (Wildman–Crippen LogP) is 3.21. The van der Waals surface area contributed by atoms with E-state index in [0.717, 1.165) is 18.2 Å². The van der Waals surface area contributed by atoms with Crippen LogP contribution >= 0.6 is 11.6 Å². The van der Waals surface area contributed by atoms with Crippen molar-refractivity contribution < 1.29 is 9.47 Å². The number of rotatable bonds is 4. The van der Waals surface area contributed by atoms with Gasteiger partial charge in [-0.3, -0.25) is 0 Å². The Morgan fingerprint density at radius 1 is 1.32 bits per heavy atom. The van der Waals surface area contributed by atoms with Gasteiger partial charge in [-0.05, 0) is 42.5 Å². The molecule has 0 saturated heterocycles. The van der Waals surface area contributed by atoms with Crippen LogP contribution in [-0.4, -0.2) is 25.8 Å². The lowest BCUT2D eigenvalue weighted by Gasteiger charge is -2.20. The second-order valence-corrected chi connectivity index (χ2v) is 6.10. The molecule has 1 heterocycles. The third kappa shape index (κ3) is 2.82. The van der Waals surface area contributed by atoms with Crippen molar-refractivity contribution in [3.8, 4) is 11.5 Å². The molecule has 0 radical (unpaired) electrons. The van der Waals surface area contributed by atoms with Gasteiger partial charge in [0, 0.05) is 6.04 Å². The lowest BCUT2D eigenvalue weighted by Crippen LogP contribution is -2.25. The summed E-state index contributed by atoms with van der Waals surface area (Å²) in [6.07, 6.45) is 1.23. The van der Waals surface area contributed by atoms with Crippen LogP contribution in [0.15, 0.2) is 12.1 Å². The van der Waals surface area contributed by atoms with Gasteiger partial charge < -0.3 is 14.8 Å². The van der Waals surface area contributed by atoms with E-state index < -0.39 is 0 Å². The average molecular weight is 282 g/mol. The first-order valence-corrected chi connectivity index (χ1v) is 7.35. The van der Waals surface area contributed by atoms with Gasteiger partial charge in [-0.2, -0.15) is 0 Å². The molecule has 1 aliphatic carbocycles. The molecule has 1 aliphatic heterocycles. The minimum Gasteiger partial charge on any atom is -0.486 e. The number of hydrogen-bond acceptors (Lipinski definition) is 3. The van der Waals surface area contributed by atoms with Crippen LogP contribution < -0.4 is 14.8 Å². The summed E-state index contributed by atoms with van der Waals surface area (Å²) in [5.74, 6) is 2.84. The highest BCUT2D eigenvalue weighted by molar-refractivity contribution is 6.32. The summed E-state index contributed by atoms with van der Waals surface area (Å²) in [5, 5.41) is 4.17. The monoisotopic (exact) mass is 281 g/mol. The summed E-state index contributed by atoms with van der Waals surface area (Å²) in [6, 6.07) is 4.68. The Hall–Kier alpha value is -0.930. The third-order valence-corrected chi connectivity index (χ3v) is 4.04. The van der Waals surface area contributed by atoms with E-state index in [2.05, 4.69) is 25.2 Å². The average Bonchev–Trinajstić information content (AvgIpc) is 3.16. The molecular weight excluding hydrogens is 262 g/mol. The Morgan fingerprint density at radius 3 is 2.89 bits per heavy atom. The van der Waals surface area contributed by atoms with E-state index in [1.165, 1.54) is 12.0 Å². The second-order valence-electron chi connectivity index (χ2n) is 5.69. The van der Waals surface area contributed by atoms with Crippen molar-refractivity contribution in [3.63, 3.8) is 0 Å². The molecule has 19 heavy (non-hydrogen) atoms. The van der Waals surface area contributed by atoms with Gasteiger partial charge in [-0.25, -0.2) is 0 Å². The van der Waals surface area contributed by atoms with Gasteiger partial charge in [0.25, 0.3) is 0 Å². The first-order chi connectivity index (χ1) is 9.15. The van der Waals surface area contributed by atoms with Gasteiger partial charge in [-0.1, -0.05) is 25.4 Å². The number of nitrogens with one attached hydrogen (secondary N) is 1. The lowest BCUT2D eigenvalue weighted by molar-refractivity contribution is 0.171. The minimum atomic E-state index is 0.546. The Balaban J connectivity index is 1.71. The van der Waals surface area contributed by atoms with Crippen molar-refractivity contribution in [3.05, 3.63) is 22.7 Å². The zero-order valence-electron chi connectivity index (χ0n) is 11.4.